The molecule has 0 radical (unpaired) electrons. The van der Waals surface area contributed by atoms with Gasteiger partial charge in [0.2, 0.25) is 0 Å². The van der Waals surface area contributed by atoms with E-state index in [4.69, 9.17) is 11.2 Å². The fraction of sp³-hybridized carbons (Fsp3) is 0.333. The molecule has 0 amide bonds. The van der Waals surface area contributed by atoms with Crippen LogP contribution >= 0.6 is 0 Å². The van der Waals surface area contributed by atoms with E-state index in [1.165, 1.54) is 6.07 Å². The highest BCUT2D eigenvalue weighted by Gasteiger charge is 2.14. The zero-order valence-electron chi connectivity index (χ0n) is 9.60. The maximum atomic E-state index is 10.7. The van der Waals surface area contributed by atoms with Gasteiger partial charge in [0.15, 0.2) is 5.75 Å². The summed E-state index contributed by atoms with van der Waals surface area (Å²) in [4.78, 5) is 10.3. The standard InChI is InChI=1S/C12H14N2O3/c1-3-5-8-13-10-6-7-11(14(15)16)12(9-10)17-4-2/h1,6-7,9,13H,4-5,8H2,2H3. The summed E-state index contributed by atoms with van der Waals surface area (Å²) in [6.45, 7) is 2.79. The van der Waals surface area contributed by atoms with Crippen LogP contribution in [0.25, 0.3) is 0 Å². The summed E-state index contributed by atoms with van der Waals surface area (Å²) in [6.07, 6.45) is 5.73. The number of nitro groups is 1. The highest BCUT2D eigenvalue weighted by atomic mass is 16.6. The molecule has 1 aromatic carbocycles. The fourth-order valence-electron chi connectivity index (χ4n) is 1.33. The van der Waals surface area contributed by atoms with Crippen molar-refractivity contribution in [3.63, 3.8) is 0 Å². The summed E-state index contributed by atoms with van der Waals surface area (Å²) in [6, 6.07) is 4.67. The highest BCUT2D eigenvalue weighted by molar-refractivity contribution is 5.58. The summed E-state index contributed by atoms with van der Waals surface area (Å²) in [5, 5.41) is 13.8. The molecule has 0 spiro atoms. The summed E-state index contributed by atoms with van der Waals surface area (Å²) in [5.74, 6) is 2.77. The minimum absolute atomic E-state index is 0.0330. The van der Waals surface area contributed by atoms with E-state index in [-0.39, 0.29) is 11.4 Å². The fourth-order valence-corrected chi connectivity index (χ4v) is 1.33. The first kappa shape index (κ1) is 12.8. The van der Waals surface area contributed by atoms with Crippen LogP contribution in [0.15, 0.2) is 18.2 Å². The van der Waals surface area contributed by atoms with Gasteiger partial charge >= 0.3 is 5.69 Å². The number of anilines is 1. The number of hydrogen-bond acceptors (Lipinski definition) is 4. The third-order valence-corrected chi connectivity index (χ3v) is 2.05. The topological polar surface area (TPSA) is 64.4 Å². The number of hydrogen-bond donors (Lipinski definition) is 1. The first-order chi connectivity index (χ1) is 8.19. The Morgan fingerprint density at radius 1 is 1.59 bits per heavy atom. The van der Waals surface area contributed by atoms with Gasteiger partial charge in [0, 0.05) is 30.8 Å². The van der Waals surface area contributed by atoms with E-state index in [0.29, 0.717) is 19.6 Å². The second kappa shape index (κ2) is 6.38. The predicted octanol–water partition coefficient (Wildman–Crippen LogP) is 2.43. The molecule has 0 aliphatic heterocycles. The molecule has 0 atom stereocenters. The van der Waals surface area contributed by atoms with Gasteiger partial charge in [-0.2, -0.15) is 0 Å². The van der Waals surface area contributed by atoms with Gasteiger partial charge in [-0.25, -0.2) is 0 Å². The Balaban J connectivity index is 2.86. The lowest BCUT2D eigenvalue weighted by atomic mass is 10.2. The van der Waals surface area contributed by atoms with E-state index < -0.39 is 4.92 Å². The van der Waals surface area contributed by atoms with Gasteiger partial charge in [-0.05, 0) is 13.0 Å². The number of nitro benzene ring substituents is 1. The lowest BCUT2D eigenvalue weighted by molar-refractivity contribution is -0.385. The van der Waals surface area contributed by atoms with Gasteiger partial charge in [-0.3, -0.25) is 10.1 Å². The van der Waals surface area contributed by atoms with Crippen LogP contribution in [0.4, 0.5) is 11.4 Å². The lowest BCUT2D eigenvalue weighted by Gasteiger charge is -2.08. The number of nitrogens with one attached hydrogen (secondary N) is 1. The number of ether oxygens (including phenoxy) is 1. The van der Waals surface area contributed by atoms with Crippen molar-refractivity contribution in [1.29, 1.82) is 0 Å². The van der Waals surface area contributed by atoms with E-state index >= 15 is 0 Å². The molecule has 1 rings (SSSR count). The van der Waals surface area contributed by atoms with Crippen LogP contribution < -0.4 is 10.1 Å². The molecule has 1 aromatic rings. The van der Waals surface area contributed by atoms with Crippen LogP contribution in [0.3, 0.4) is 0 Å². The van der Waals surface area contributed by atoms with E-state index in [1.54, 1.807) is 19.1 Å². The Morgan fingerprint density at radius 2 is 2.35 bits per heavy atom. The lowest BCUT2D eigenvalue weighted by Crippen LogP contribution is -2.02. The van der Waals surface area contributed by atoms with Crippen LogP contribution in [0.2, 0.25) is 0 Å². The summed E-state index contributed by atoms with van der Waals surface area (Å²) < 4.78 is 5.22. The zero-order chi connectivity index (χ0) is 12.7. The third-order valence-electron chi connectivity index (χ3n) is 2.05. The molecular formula is C12H14N2O3. The van der Waals surface area contributed by atoms with E-state index in [1.807, 2.05) is 0 Å². The first-order valence-corrected chi connectivity index (χ1v) is 5.27. The summed E-state index contributed by atoms with van der Waals surface area (Å²) >= 11 is 0. The molecule has 0 unspecified atom stereocenters. The van der Waals surface area contributed by atoms with Crippen LogP contribution in [-0.4, -0.2) is 18.1 Å². The smallest absolute Gasteiger partial charge is 0.311 e. The predicted molar refractivity (Wildman–Crippen MR) is 66.2 cm³/mol. The summed E-state index contributed by atoms with van der Waals surface area (Å²) in [5.41, 5.74) is 0.726. The molecule has 0 bridgehead atoms. The number of benzene rings is 1. The molecule has 0 saturated carbocycles. The summed E-state index contributed by atoms with van der Waals surface area (Å²) in [7, 11) is 0. The van der Waals surface area contributed by atoms with Gasteiger partial charge in [0.1, 0.15) is 0 Å². The normalized spacial score (nSPS) is 9.41. The molecule has 0 aliphatic carbocycles. The largest absolute Gasteiger partial charge is 0.487 e. The highest BCUT2D eigenvalue weighted by Crippen LogP contribution is 2.29. The van der Waals surface area contributed by atoms with Crippen molar-refractivity contribution in [3.05, 3.63) is 28.3 Å². The molecular weight excluding hydrogens is 220 g/mol. The molecule has 90 valence electrons. The van der Waals surface area contributed by atoms with E-state index in [2.05, 4.69) is 11.2 Å². The molecule has 5 nitrogen and oxygen atoms in total. The molecule has 17 heavy (non-hydrogen) atoms. The Bertz CT molecular complexity index is 438. The van der Waals surface area contributed by atoms with Crippen molar-refractivity contribution in [2.24, 2.45) is 0 Å². The van der Waals surface area contributed by atoms with Gasteiger partial charge < -0.3 is 10.1 Å². The van der Waals surface area contributed by atoms with E-state index in [9.17, 15) is 10.1 Å². The van der Waals surface area contributed by atoms with E-state index in [0.717, 1.165) is 5.69 Å². The van der Waals surface area contributed by atoms with Crippen LogP contribution in [0.5, 0.6) is 5.75 Å². The zero-order valence-corrected chi connectivity index (χ0v) is 9.60. The first-order valence-electron chi connectivity index (χ1n) is 5.27. The minimum Gasteiger partial charge on any atom is -0.487 e. The number of terminal acetylenes is 1. The van der Waals surface area contributed by atoms with Gasteiger partial charge in [-0.15, -0.1) is 12.3 Å². The maximum Gasteiger partial charge on any atom is 0.311 e. The maximum absolute atomic E-state index is 10.7. The van der Waals surface area contributed by atoms with Crippen molar-refractivity contribution in [2.45, 2.75) is 13.3 Å². The van der Waals surface area contributed by atoms with Crippen LogP contribution in [0, 0.1) is 22.5 Å². The van der Waals surface area contributed by atoms with Crippen molar-refractivity contribution in [2.75, 3.05) is 18.5 Å². The second-order valence-corrected chi connectivity index (χ2v) is 3.25. The quantitative estimate of drug-likeness (QED) is 0.355. The molecule has 5 heteroatoms. The Hall–Kier alpha value is -2.22. The molecule has 0 fully saturated rings. The molecule has 0 heterocycles. The average Bonchev–Trinajstić information content (AvgIpc) is 2.30. The average molecular weight is 234 g/mol. The van der Waals surface area contributed by atoms with Crippen molar-refractivity contribution < 1.29 is 9.66 Å². The van der Waals surface area contributed by atoms with Gasteiger partial charge in [-0.1, -0.05) is 0 Å². The van der Waals surface area contributed by atoms with Crippen molar-refractivity contribution in [1.82, 2.24) is 0 Å². The van der Waals surface area contributed by atoms with Crippen LogP contribution in [0.1, 0.15) is 13.3 Å². The Kier molecular flexibility index (Phi) is 4.82. The van der Waals surface area contributed by atoms with Gasteiger partial charge in [0.05, 0.1) is 11.5 Å². The molecule has 1 N–H and O–H groups in total. The molecule has 0 saturated heterocycles. The molecule has 0 aromatic heterocycles. The van der Waals surface area contributed by atoms with Crippen molar-refractivity contribution in [3.8, 4) is 18.1 Å². The van der Waals surface area contributed by atoms with Crippen molar-refractivity contribution >= 4 is 11.4 Å². The monoisotopic (exact) mass is 234 g/mol. The second-order valence-electron chi connectivity index (χ2n) is 3.25. The number of rotatable bonds is 6. The third kappa shape index (κ3) is 3.68. The number of nitrogens with zero attached hydrogens (tertiary/aromatic N) is 1. The van der Waals surface area contributed by atoms with Crippen LogP contribution in [-0.2, 0) is 0 Å². The Morgan fingerprint density at radius 3 is 2.94 bits per heavy atom. The van der Waals surface area contributed by atoms with Gasteiger partial charge in [0.25, 0.3) is 0 Å². The minimum atomic E-state index is -0.462. The SMILES string of the molecule is C#CCCNc1ccc([N+](=O)[O-])c(OCC)c1. The Labute approximate surface area is 99.9 Å². The molecule has 0 aliphatic rings.